The quantitative estimate of drug-likeness (QED) is 0.841. The summed E-state index contributed by atoms with van der Waals surface area (Å²) in [6.45, 7) is 8.50. The Morgan fingerprint density at radius 2 is 2.22 bits per heavy atom. The maximum absolute atomic E-state index is 11.7. The number of piperidine rings is 1. The first kappa shape index (κ1) is 13.1. The van der Waals surface area contributed by atoms with Gasteiger partial charge in [-0.1, -0.05) is 13.8 Å². The van der Waals surface area contributed by atoms with Crippen molar-refractivity contribution in [3.63, 3.8) is 0 Å². The molecule has 1 aliphatic heterocycles. The lowest BCUT2D eigenvalue weighted by atomic mass is 9.92. The zero-order chi connectivity index (χ0) is 13.0. The SMILES string of the molecule is C[C@@H]1C[C@@H](C)CN(CCNC(=O)c2ccn[nH]2)C1. The van der Waals surface area contributed by atoms with E-state index in [4.69, 9.17) is 0 Å². The van der Waals surface area contributed by atoms with Gasteiger partial charge in [0.05, 0.1) is 0 Å². The molecule has 100 valence electrons. The second kappa shape index (κ2) is 6.00. The van der Waals surface area contributed by atoms with E-state index in [9.17, 15) is 4.79 Å². The van der Waals surface area contributed by atoms with Crippen LogP contribution in [0.5, 0.6) is 0 Å². The molecule has 0 saturated carbocycles. The van der Waals surface area contributed by atoms with Crippen LogP contribution in [0.2, 0.25) is 0 Å². The zero-order valence-electron chi connectivity index (χ0n) is 11.1. The Kier molecular flexibility index (Phi) is 4.36. The molecule has 2 rings (SSSR count). The monoisotopic (exact) mass is 250 g/mol. The van der Waals surface area contributed by atoms with E-state index >= 15 is 0 Å². The first-order chi connectivity index (χ1) is 8.65. The maximum atomic E-state index is 11.7. The smallest absolute Gasteiger partial charge is 0.269 e. The zero-order valence-corrected chi connectivity index (χ0v) is 11.1. The van der Waals surface area contributed by atoms with Crippen molar-refractivity contribution in [3.8, 4) is 0 Å². The highest BCUT2D eigenvalue weighted by atomic mass is 16.1. The number of likely N-dealkylation sites (tertiary alicyclic amines) is 1. The van der Waals surface area contributed by atoms with Crippen LogP contribution in [0.1, 0.15) is 30.8 Å². The number of carbonyl (C=O) groups is 1. The van der Waals surface area contributed by atoms with E-state index in [-0.39, 0.29) is 5.91 Å². The maximum Gasteiger partial charge on any atom is 0.269 e. The van der Waals surface area contributed by atoms with Crippen molar-refractivity contribution in [2.24, 2.45) is 11.8 Å². The molecule has 0 radical (unpaired) electrons. The summed E-state index contributed by atoms with van der Waals surface area (Å²) in [5, 5.41) is 9.34. The molecule has 2 atom stereocenters. The number of aromatic amines is 1. The van der Waals surface area contributed by atoms with Crippen LogP contribution in [0.4, 0.5) is 0 Å². The van der Waals surface area contributed by atoms with Gasteiger partial charge >= 0.3 is 0 Å². The third-order valence-corrected chi connectivity index (χ3v) is 3.40. The van der Waals surface area contributed by atoms with Crippen LogP contribution in [-0.4, -0.2) is 47.2 Å². The standard InChI is InChI=1S/C13H22N4O/c1-10-7-11(2)9-17(8-10)6-5-14-13(18)12-3-4-15-16-12/h3-4,10-11H,5-9H2,1-2H3,(H,14,18)(H,15,16)/t10-,11-/m1/s1. The van der Waals surface area contributed by atoms with Gasteiger partial charge in [0.1, 0.15) is 5.69 Å². The van der Waals surface area contributed by atoms with E-state index in [0.29, 0.717) is 12.2 Å². The van der Waals surface area contributed by atoms with E-state index in [2.05, 4.69) is 34.3 Å². The number of nitrogens with zero attached hydrogens (tertiary/aromatic N) is 2. The molecule has 5 heteroatoms. The van der Waals surface area contributed by atoms with Crippen molar-refractivity contribution in [1.82, 2.24) is 20.4 Å². The summed E-state index contributed by atoms with van der Waals surface area (Å²) in [6.07, 6.45) is 2.90. The summed E-state index contributed by atoms with van der Waals surface area (Å²) >= 11 is 0. The molecule has 2 heterocycles. The number of carbonyl (C=O) groups excluding carboxylic acids is 1. The third kappa shape index (κ3) is 3.57. The summed E-state index contributed by atoms with van der Waals surface area (Å²) in [7, 11) is 0. The van der Waals surface area contributed by atoms with Crippen molar-refractivity contribution < 1.29 is 4.79 Å². The first-order valence-electron chi connectivity index (χ1n) is 6.65. The van der Waals surface area contributed by atoms with Crippen molar-refractivity contribution in [1.29, 1.82) is 0 Å². The predicted molar refractivity (Wildman–Crippen MR) is 70.3 cm³/mol. The summed E-state index contributed by atoms with van der Waals surface area (Å²) in [4.78, 5) is 14.1. The average Bonchev–Trinajstić information content (AvgIpc) is 2.80. The number of H-pyrrole nitrogens is 1. The minimum absolute atomic E-state index is 0.0781. The Morgan fingerprint density at radius 1 is 1.50 bits per heavy atom. The largest absolute Gasteiger partial charge is 0.349 e. The van der Waals surface area contributed by atoms with Gasteiger partial charge in [-0.15, -0.1) is 0 Å². The number of aromatic nitrogens is 2. The van der Waals surface area contributed by atoms with E-state index in [1.807, 2.05) is 0 Å². The first-order valence-corrected chi connectivity index (χ1v) is 6.65. The van der Waals surface area contributed by atoms with Crippen molar-refractivity contribution >= 4 is 5.91 Å². The minimum atomic E-state index is -0.0781. The normalized spacial score (nSPS) is 25.0. The lowest BCUT2D eigenvalue weighted by Crippen LogP contribution is -2.42. The van der Waals surface area contributed by atoms with Crippen LogP contribution >= 0.6 is 0 Å². The molecule has 0 aromatic carbocycles. The summed E-state index contributed by atoms with van der Waals surface area (Å²) in [5.41, 5.74) is 0.524. The second-order valence-corrected chi connectivity index (χ2v) is 5.43. The van der Waals surface area contributed by atoms with Gasteiger partial charge in [-0.05, 0) is 24.3 Å². The number of rotatable bonds is 4. The van der Waals surface area contributed by atoms with Gasteiger partial charge in [0.25, 0.3) is 5.91 Å². The molecule has 1 fully saturated rings. The fraction of sp³-hybridized carbons (Fsp3) is 0.692. The molecular weight excluding hydrogens is 228 g/mol. The van der Waals surface area contributed by atoms with Crippen LogP contribution in [0.25, 0.3) is 0 Å². The Labute approximate surface area is 108 Å². The minimum Gasteiger partial charge on any atom is -0.349 e. The molecule has 18 heavy (non-hydrogen) atoms. The second-order valence-electron chi connectivity index (χ2n) is 5.43. The van der Waals surface area contributed by atoms with Crippen LogP contribution in [-0.2, 0) is 0 Å². The summed E-state index contributed by atoms with van der Waals surface area (Å²) < 4.78 is 0. The Bertz CT molecular complexity index is 366. The molecule has 1 aromatic rings. The lowest BCUT2D eigenvalue weighted by Gasteiger charge is -2.34. The van der Waals surface area contributed by atoms with E-state index in [1.165, 1.54) is 6.42 Å². The van der Waals surface area contributed by atoms with Crippen LogP contribution in [0, 0.1) is 11.8 Å². The lowest BCUT2D eigenvalue weighted by molar-refractivity contribution is 0.0931. The highest BCUT2D eigenvalue weighted by Gasteiger charge is 2.21. The Morgan fingerprint density at radius 3 is 2.83 bits per heavy atom. The highest BCUT2D eigenvalue weighted by molar-refractivity contribution is 5.92. The molecule has 2 N–H and O–H groups in total. The van der Waals surface area contributed by atoms with Crippen LogP contribution < -0.4 is 5.32 Å². The predicted octanol–water partition coefficient (Wildman–Crippen LogP) is 1.12. The molecule has 1 aromatic heterocycles. The van der Waals surface area contributed by atoms with E-state index in [1.54, 1.807) is 12.3 Å². The van der Waals surface area contributed by atoms with Gasteiger partial charge < -0.3 is 10.2 Å². The van der Waals surface area contributed by atoms with Crippen LogP contribution in [0.3, 0.4) is 0 Å². The Balaban J connectivity index is 1.70. The number of hydrogen-bond acceptors (Lipinski definition) is 3. The van der Waals surface area contributed by atoms with Gasteiger partial charge in [0.15, 0.2) is 0 Å². The molecule has 1 aliphatic rings. The fourth-order valence-electron chi connectivity index (χ4n) is 2.78. The highest BCUT2D eigenvalue weighted by Crippen LogP contribution is 2.20. The Hall–Kier alpha value is -1.36. The molecule has 0 unspecified atom stereocenters. The molecule has 1 saturated heterocycles. The van der Waals surface area contributed by atoms with Crippen molar-refractivity contribution in [2.75, 3.05) is 26.2 Å². The van der Waals surface area contributed by atoms with Crippen LogP contribution in [0.15, 0.2) is 12.3 Å². The van der Waals surface area contributed by atoms with Gasteiger partial charge in [0, 0.05) is 32.4 Å². The molecule has 5 nitrogen and oxygen atoms in total. The van der Waals surface area contributed by atoms with Gasteiger partial charge in [0.2, 0.25) is 0 Å². The topological polar surface area (TPSA) is 61.0 Å². The van der Waals surface area contributed by atoms with E-state index in [0.717, 1.165) is 31.5 Å². The molecule has 0 spiro atoms. The van der Waals surface area contributed by atoms with E-state index < -0.39 is 0 Å². The van der Waals surface area contributed by atoms with Gasteiger partial charge in [-0.25, -0.2) is 0 Å². The molecule has 1 amide bonds. The fourth-order valence-corrected chi connectivity index (χ4v) is 2.78. The molecular formula is C13H22N4O. The average molecular weight is 250 g/mol. The molecule has 0 aliphatic carbocycles. The summed E-state index contributed by atoms with van der Waals surface area (Å²) in [5.74, 6) is 1.44. The third-order valence-electron chi connectivity index (χ3n) is 3.40. The molecule has 0 bridgehead atoms. The number of hydrogen-bond donors (Lipinski definition) is 2. The summed E-state index contributed by atoms with van der Waals surface area (Å²) in [6, 6.07) is 1.68. The number of amides is 1. The van der Waals surface area contributed by atoms with Crippen molar-refractivity contribution in [2.45, 2.75) is 20.3 Å². The number of nitrogens with one attached hydrogen (secondary N) is 2. The van der Waals surface area contributed by atoms with Crippen molar-refractivity contribution in [3.05, 3.63) is 18.0 Å². The van der Waals surface area contributed by atoms with Gasteiger partial charge in [-0.2, -0.15) is 5.10 Å². The van der Waals surface area contributed by atoms with Gasteiger partial charge in [-0.3, -0.25) is 9.89 Å².